The van der Waals surface area contributed by atoms with Gasteiger partial charge in [-0.15, -0.1) is 5.10 Å². The van der Waals surface area contributed by atoms with E-state index >= 15 is 0 Å². The number of hydrogen-bond acceptors (Lipinski definition) is 5. The molecule has 2 rings (SSSR count). The van der Waals surface area contributed by atoms with Crippen LogP contribution in [0.15, 0.2) is 18.5 Å². The molecule has 0 unspecified atom stereocenters. The van der Waals surface area contributed by atoms with Gasteiger partial charge in [0.25, 0.3) is 0 Å². The summed E-state index contributed by atoms with van der Waals surface area (Å²) in [5.74, 6) is 0.534. The molecule has 0 saturated heterocycles. The van der Waals surface area contributed by atoms with E-state index in [1.165, 1.54) is 0 Å². The molecule has 6 nitrogen and oxygen atoms in total. The number of aromatic nitrogens is 4. The highest BCUT2D eigenvalue weighted by Gasteiger charge is 2.11. The lowest BCUT2D eigenvalue weighted by Gasteiger charge is -2.20. The third-order valence-electron chi connectivity index (χ3n) is 2.87. The van der Waals surface area contributed by atoms with Gasteiger partial charge in [0, 0.05) is 30.9 Å². The number of ether oxygens (including phenoxy) is 1. The van der Waals surface area contributed by atoms with Crippen molar-refractivity contribution in [2.24, 2.45) is 7.05 Å². The fourth-order valence-corrected chi connectivity index (χ4v) is 1.78. The molecule has 0 atom stereocenters. The summed E-state index contributed by atoms with van der Waals surface area (Å²) in [6.07, 6.45) is 2.45. The van der Waals surface area contributed by atoms with Crippen molar-refractivity contribution in [2.75, 3.05) is 0 Å². The van der Waals surface area contributed by atoms with Crippen LogP contribution in [0, 0.1) is 0 Å². The molecule has 0 amide bonds. The van der Waals surface area contributed by atoms with Crippen LogP contribution < -0.4 is 10.1 Å². The van der Waals surface area contributed by atoms with Gasteiger partial charge in [-0.1, -0.05) is 6.92 Å². The second-order valence-corrected chi connectivity index (χ2v) is 6.06. The molecular weight excluding hydrogens is 266 g/mol. The van der Waals surface area contributed by atoms with Gasteiger partial charge in [0.1, 0.15) is 6.33 Å². The summed E-state index contributed by atoms with van der Waals surface area (Å²) in [6.45, 7) is 9.27. The molecule has 2 aromatic heterocycles. The second kappa shape index (κ2) is 6.22. The highest BCUT2D eigenvalue weighted by atomic mass is 16.5. The van der Waals surface area contributed by atoms with Crippen LogP contribution in [0.5, 0.6) is 11.9 Å². The minimum Gasteiger partial charge on any atom is -0.404 e. The van der Waals surface area contributed by atoms with Gasteiger partial charge >= 0.3 is 6.01 Å². The highest BCUT2D eigenvalue weighted by molar-refractivity contribution is 5.27. The Morgan fingerprint density at radius 2 is 2.05 bits per heavy atom. The van der Waals surface area contributed by atoms with Crippen molar-refractivity contribution in [3.8, 4) is 11.9 Å². The van der Waals surface area contributed by atoms with Crippen molar-refractivity contribution in [3.05, 3.63) is 29.7 Å². The monoisotopic (exact) mass is 289 g/mol. The zero-order valence-electron chi connectivity index (χ0n) is 13.3. The van der Waals surface area contributed by atoms with Gasteiger partial charge in [-0.3, -0.25) is 4.68 Å². The molecule has 0 aromatic carbocycles. The average Bonchev–Trinajstić information content (AvgIpc) is 2.80. The number of aryl methyl sites for hydroxylation is 2. The summed E-state index contributed by atoms with van der Waals surface area (Å²) >= 11 is 0. The molecule has 0 saturated carbocycles. The molecule has 0 aliphatic carbocycles. The Kier molecular flexibility index (Phi) is 4.57. The first-order valence-corrected chi connectivity index (χ1v) is 7.14. The molecule has 2 heterocycles. The number of pyridine rings is 1. The fourth-order valence-electron chi connectivity index (χ4n) is 1.78. The highest BCUT2D eigenvalue weighted by Crippen LogP contribution is 2.18. The summed E-state index contributed by atoms with van der Waals surface area (Å²) in [4.78, 5) is 8.52. The average molecular weight is 289 g/mol. The molecule has 0 radical (unpaired) electrons. The van der Waals surface area contributed by atoms with Crippen molar-refractivity contribution >= 4 is 0 Å². The Balaban J connectivity index is 2.17. The summed E-state index contributed by atoms with van der Waals surface area (Å²) in [5.41, 5.74) is 2.20. The lowest BCUT2D eigenvalue weighted by molar-refractivity contribution is 0.412. The van der Waals surface area contributed by atoms with Gasteiger partial charge in [0.15, 0.2) is 0 Å². The van der Waals surface area contributed by atoms with E-state index in [9.17, 15) is 0 Å². The smallest absolute Gasteiger partial charge is 0.342 e. The Bertz CT molecular complexity index is 600. The molecule has 1 N–H and O–H groups in total. The molecule has 0 aliphatic rings. The number of nitrogens with one attached hydrogen (secondary N) is 1. The number of hydrogen-bond donors (Lipinski definition) is 1. The summed E-state index contributed by atoms with van der Waals surface area (Å²) in [6, 6.07) is 4.33. The standard InChI is InChI=1S/C15H23N5O/c1-6-12-7-11(9-17-15(2,3)4)8-13(18-12)21-14-16-10-20(5)19-14/h7-8,10,17H,6,9H2,1-5H3. The minimum absolute atomic E-state index is 0.0687. The fraction of sp³-hybridized carbons (Fsp3) is 0.533. The third-order valence-corrected chi connectivity index (χ3v) is 2.87. The normalized spacial score (nSPS) is 11.7. The van der Waals surface area contributed by atoms with E-state index in [0.717, 1.165) is 24.2 Å². The van der Waals surface area contributed by atoms with Crippen molar-refractivity contribution in [1.82, 2.24) is 25.1 Å². The maximum atomic E-state index is 5.63. The van der Waals surface area contributed by atoms with Crippen molar-refractivity contribution in [1.29, 1.82) is 0 Å². The summed E-state index contributed by atoms with van der Waals surface area (Å²) in [5, 5.41) is 7.57. The van der Waals surface area contributed by atoms with Crippen molar-refractivity contribution < 1.29 is 4.74 Å². The van der Waals surface area contributed by atoms with Gasteiger partial charge in [0.2, 0.25) is 5.88 Å². The van der Waals surface area contributed by atoms with Crippen molar-refractivity contribution in [2.45, 2.75) is 46.2 Å². The number of nitrogens with zero attached hydrogens (tertiary/aromatic N) is 4. The first-order chi connectivity index (χ1) is 9.85. The molecular formula is C15H23N5O. The van der Waals surface area contributed by atoms with Crippen LogP contribution in [0.1, 0.15) is 39.0 Å². The maximum absolute atomic E-state index is 5.63. The van der Waals surface area contributed by atoms with Crippen LogP contribution in [0.4, 0.5) is 0 Å². The zero-order chi connectivity index (χ0) is 15.5. The SMILES string of the molecule is CCc1cc(CNC(C)(C)C)cc(Oc2ncn(C)n2)n1. The Hall–Kier alpha value is -1.95. The second-order valence-electron chi connectivity index (χ2n) is 6.06. The molecule has 0 spiro atoms. The predicted octanol–water partition coefficient (Wildman–Crippen LogP) is 2.45. The van der Waals surface area contributed by atoms with Crippen LogP contribution >= 0.6 is 0 Å². The van der Waals surface area contributed by atoms with E-state index in [4.69, 9.17) is 4.74 Å². The minimum atomic E-state index is 0.0687. The molecule has 6 heteroatoms. The van der Waals surface area contributed by atoms with E-state index in [2.05, 4.69) is 54.1 Å². The molecule has 0 fully saturated rings. The lowest BCUT2D eigenvalue weighted by Crippen LogP contribution is -2.35. The first-order valence-electron chi connectivity index (χ1n) is 7.14. The van der Waals surface area contributed by atoms with Gasteiger partial charge in [0.05, 0.1) is 0 Å². The molecule has 0 bridgehead atoms. The topological polar surface area (TPSA) is 64.9 Å². The van der Waals surface area contributed by atoms with E-state index in [0.29, 0.717) is 11.9 Å². The van der Waals surface area contributed by atoms with Crippen molar-refractivity contribution in [3.63, 3.8) is 0 Å². The predicted molar refractivity (Wildman–Crippen MR) is 81.3 cm³/mol. The van der Waals surface area contributed by atoms with Crippen LogP contribution in [-0.4, -0.2) is 25.3 Å². The zero-order valence-corrected chi connectivity index (χ0v) is 13.3. The van der Waals surface area contributed by atoms with Gasteiger partial charge in [-0.05, 0) is 38.8 Å². The Morgan fingerprint density at radius 3 is 2.62 bits per heavy atom. The van der Waals surface area contributed by atoms with Crippen LogP contribution in [-0.2, 0) is 20.0 Å². The quantitative estimate of drug-likeness (QED) is 0.916. The largest absolute Gasteiger partial charge is 0.404 e. The van der Waals surface area contributed by atoms with Crippen LogP contribution in [0.2, 0.25) is 0 Å². The van der Waals surface area contributed by atoms with E-state index in [1.54, 1.807) is 18.1 Å². The van der Waals surface area contributed by atoms with E-state index < -0.39 is 0 Å². The third kappa shape index (κ3) is 4.82. The number of rotatable bonds is 5. The molecule has 0 aliphatic heterocycles. The molecule has 21 heavy (non-hydrogen) atoms. The van der Waals surface area contributed by atoms with Gasteiger partial charge in [-0.2, -0.15) is 4.98 Å². The van der Waals surface area contributed by atoms with Crippen LogP contribution in [0.3, 0.4) is 0 Å². The van der Waals surface area contributed by atoms with Gasteiger partial charge < -0.3 is 10.1 Å². The first kappa shape index (κ1) is 15.4. The lowest BCUT2D eigenvalue weighted by atomic mass is 10.1. The molecule has 2 aromatic rings. The van der Waals surface area contributed by atoms with E-state index in [-0.39, 0.29) is 5.54 Å². The summed E-state index contributed by atoms with van der Waals surface area (Å²) < 4.78 is 7.23. The maximum Gasteiger partial charge on any atom is 0.342 e. The van der Waals surface area contributed by atoms with Crippen LogP contribution in [0.25, 0.3) is 0 Å². The summed E-state index contributed by atoms with van der Waals surface area (Å²) in [7, 11) is 1.80. The Morgan fingerprint density at radius 1 is 1.29 bits per heavy atom. The Labute approximate surface area is 125 Å². The van der Waals surface area contributed by atoms with E-state index in [1.807, 2.05) is 6.07 Å². The van der Waals surface area contributed by atoms with Gasteiger partial charge in [-0.25, -0.2) is 4.98 Å². The molecule has 114 valence electrons.